The summed E-state index contributed by atoms with van der Waals surface area (Å²) in [6.45, 7) is 2.01. The first-order chi connectivity index (χ1) is 8.65. The molecule has 1 N–H and O–H groups in total. The summed E-state index contributed by atoms with van der Waals surface area (Å²) in [6, 6.07) is 9.16. The van der Waals surface area contributed by atoms with Crippen molar-refractivity contribution in [3.63, 3.8) is 0 Å². The fourth-order valence-corrected chi connectivity index (χ4v) is 2.31. The third-order valence-corrected chi connectivity index (χ3v) is 3.41. The van der Waals surface area contributed by atoms with Crippen LogP contribution < -0.4 is 4.74 Å². The highest BCUT2D eigenvalue weighted by Crippen LogP contribution is 2.31. The molecule has 96 valence electrons. The van der Waals surface area contributed by atoms with Crippen molar-refractivity contribution in [2.75, 3.05) is 7.11 Å². The minimum absolute atomic E-state index is 0.559. The minimum Gasteiger partial charge on any atom is -0.496 e. The molecule has 18 heavy (non-hydrogen) atoms. The van der Waals surface area contributed by atoms with Crippen molar-refractivity contribution in [2.24, 2.45) is 0 Å². The van der Waals surface area contributed by atoms with Crippen LogP contribution in [0.2, 0.25) is 0 Å². The number of benzene rings is 1. The van der Waals surface area contributed by atoms with Gasteiger partial charge in [-0.05, 0) is 45.8 Å². The molecule has 0 aliphatic rings. The van der Waals surface area contributed by atoms with Crippen LogP contribution in [-0.2, 0) is 6.42 Å². The Labute approximate surface area is 115 Å². The molecule has 0 radical (unpaired) electrons. The molecule has 0 aliphatic carbocycles. The lowest BCUT2D eigenvalue weighted by atomic mass is 10.1. The first-order valence-corrected chi connectivity index (χ1v) is 6.55. The van der Waals surface area contributed by atoms with Gasteiger partial charge in [-0.25, -0.2) is 0 Å². The highest BCUT2D eigenvalue weighted by Gasteiger charge is 2.15. The van der Waals surface area contributed by atoms with E-state index in [1.807, 2.05) is 37.3 Å². The summed E-state index contributed by atoms with van der Waals surface area (Å²) in [5.41, 5.74) is 0.764. The number of rotatable bonds is 4. The van der Waals surface area contributed by atoms with Gasteiger partial charge in [0, 0.05) is 6.42 Å². The Kier molecular flexibility index (Phi) is 4.09. The number of furan rings is 1. The Morgan fingerprint density at radius 1 is 1.33 bits per heavy atom. The lowest BCUT2D eigenvalue weighted by Crippen LogP contribution is -1.98. The lowest BCUT2D eigenvalue weighted by Gasteiger charge is -2.10. The van der Waals surface area contributed by atoms with Crippen molar-refractivity contribution in [3.05, 3.63) is 51.9 Å². The molecule has 1 unspecified atom stereocenters. The second kappa shape index (κ2) is 5.59. The number of aliphatic hydroxyl groups excluding tert-OH is 1. The molecular formula is C14H15BrO3. The third kappa shape index (κ3) is 2.60. The molecular weight excluding hydrogens is 296 g/mol. The molecule has 0 spiro atoms. The van der Waals surface area contributed by atoms with E-state index in [0.717, 1.165) is 28.0 Å². The van der Waals surface area contributed by atoms with E-state index < -0.39 is 6.10 Å². The largest absolute Gasteiger partial charge is 0.496 e. The Balaban J connectivity index is 2.27. The zero-order valence-electron chi connectivity index (χ0n) is 10.3. The Morgan fingerprint density at radius 3 is 2.67 bits per heavy atom. The zero-order chi connectivity index (χ0) is 13.1. The van der Waals surface area contributed by atoms with E-state index in [2.05, 4.69) is 15.9 Å². The number of hydrogen-bond acceptors (Lipinski definition) is 3. The van der Waals surface area contributed by atoms with Crippen LogP contribution in [0.1, 0.15) is 30.1 Å². The van der Waals surface area contributed by atoms with Crippen LogP contribution in [0.15, 0.2) is 39.2 Å². The second-order valence-electron chi connectivity index (χ2n) is 3.95. The van der Waals surface area contributed by atoms with Gasteiger partial charge in [0.25, 0.3) is 0 Å². The fourth-order valence-electron chi connectivity index (χ4n) is 1.75. The van der Waals surface area contributed by atoms with Crippen LogP contribution in [0.5, 0.6) is 5.75 Å². The number of aryl methyl sites for hydroxylation is 1. The van der Waals surface area contributed by atoms with E-state index in [0.29, 0.717) is 5.76 Å². The SMILES string of the molecule is CCc1ccc(C(O)c2ccc(OC)c(Br)c2)o1. The summed E-state index contributed by atoms with van der Waals surface area (Å²) in [5.74, 6) is 2.17. The van der Waals surface area contributed by atoms with Crippen LogP contribution in [0.25, 0.3) is 0 Å². The Bertz CT molecular complexity index is 534. The smallest absolute Gasteiger partial charge is 0.137 e. The predicted octanol–water partition coefficient (Wildman–Crippen LogP) is 3.69. The average molecular weight is 311 g/mol. The predicted molar refractivity (Wildman–Crippen MR) is 72.8 cm³/mol. The van der Waals surface area contributed by atoms with Gasteiger partial charge in [0.15, 0.2) is 0 Å². The molecule has 0 saturated heterocycles. The van der Waals surface area contributed by atoms with Gasteiger partial charge in [0.05, 0.1) is 11.6 Å². The molecule has 0 aliphatic heterocycles. The number of ether oxygens (including phenoxy) is 1. The third-order valence-electron chi connectivity index (χ3n) is 2.79. The van der Waals surface area contributed by atoms with Crippen molar-refractivity contribution in [1.29, 1.82) is 0 Å². The van der Waals surface area contributed by atoms with E-state index in [4.69, 9.17) is 9.15 Å². The van der Waals surface area contributed by atoms with Crippen LogP contribution >= 0.6 is 15.9 Å². The molecule has 1 aromatic heterocycles. The lowest BCUT2D eigenvalue weighted by molar-refractivity contribution is 0.187. The Hall–Kier alpha value is -1.26. The quantitative estimate of drug-likeness (QED) is 0.936. The molecule has 0 fully saturated rings. The highest BCUT2D eigenvalue weighted by atomic mass is 79.9. The van der Waals surface area contributed by atoms with Crippen LogP contribution in [-0.4, -0.2) is 12.2 Å². The maximum Gasteiger partial charge on any atom is 0.137 e. The zero-order valence-corrected chi connectivity index (χ0v) is 11.9. The van der Waals surface area contributed by atoms with Crippen molar-refractivity contribution < 1.29 is 14.3 Å². The minimum atomic E-state index is -0.757. The summed E-state index contributed by atoms with van der Waals surface area (Å²) in [5, 5.41) is 10.2. The number of methoxy groups -OCH3 is 1. The summed E-state index contributed by atoms with van der Waals surface area (Å²) >= 11 is 3.40. The molecule has 0 bridgehead atoms. The van der Waals surface area contributed by atoms with Crippen LogP contribution in [0.3, 0.4) is 0 Å². The molecule has 2 rings (SSSR count). The molecule has 2 aromatic rings. The van der Waals surface area contributed by atoms with Gasteiger partial charge in [-0.3, -0.25) is 0 Å². The maximum absolute atomic E-state index is 10.2. The second-order valence-corrected chi connectivity index (χ2v) is 4.81. The van der Waals surface area contributed by atoms with Crippen LogP contribution in [0.4, 0.5) is 0 Å². The van der Waals surface area contributed by atoms with Crippen molar-refractivity contribution in [2.45, 2.75) is 19.4 Å². The summed E-state index contributed by atoms with van der Waals surface area (Å²) < 4.78 is 11.5. The molecule has 1 heterocycles. The van der Waals surface area contributed by atoms with Gasteiger partial charge in [-0.2, -0.15) is 0 Å². The molecule has 1 aromatic carbocycles. The molecule has 4 heteroatoms. The molecule has 3 nitrogen and oxygen atoms in total. The van der Waals surface area contributed by atoms with Gasteiger partial charge < -0.3 is 14.3 Å². The summed E-state index contributed by atoms with van der Waals surface area (Å²) in [7, 11) is 1.61. The van der Waals surface area contributed by atoms with Crippen molar-refractivity contribution >= 4 is 15.9 Å². The number of halogens is 1. The van der Waals surface area contributed by atoms with Gasteiger partial charge in [-0.15, -0.1) is 0 Å². The Morgan fingerprint density at radius 2 is 2.11 bits per heavy atom. The van der Waals surface area contributed by atoms with Gasteiger partial charge in [0.1, 0.15) is 23.4 Å². The number of aliphatic hydroxyl groups is 1. The number of hydrogen-bond donors (Lipinski definition) is 1. The van der Waals surface area contributed by atoms with Gasteiger partial charge in [-0.1, -0.05) is 13.0 Å². The van der Waals surface area contributed by atoms with Crippen molar-refractivity contribution in [3.8, 4) is 5.75 Å². The standard InChI is InChI=1S/C14H15BrO3/c1-3-10-5-7-13(18-10)14(16)9-4-6-12(17-2)11(15)8-9/h4-8,14,16H,3H2,1-2H3. The van der Waals surface area contributed by atoms with Gasteiger partial charge in [0.2, 0.25) is 0 Å². The van der Waals surface area contributed by atoms with Crippen molar-refractivity contribution in [1.82, 2.24) is 0 Å². The van der Waals surface area contributed by atoms with E-state index in [1.54, 1.807) is 7.11 Å². The average Bonchev–Trinajstić information content (AvgIpc) is 2.86. The monoisotopic (exact) mass is 310 g/mol. The van der Waals surface area contributed by atoms with E-state index in [9.17, 15) is 5.11 Å². The summed E-state index contributed by atoms with van der Waals surface area (Å²) in [4.78, 5) is 0. The van der Waals surface area contributed by atoms with E-state index in [-0.39, 0.29) is 0 Å². The topological polar surface area (TPSA) is 42.6 Å². The molecule has 0 amide bonds. The first kappa shape index (κ1) is 13.2. The highest BCUT2D eigenvalue weighted by molar-refractivity contribution is 9.10. The van der Waals surface area contributed by atoms with E-state index in [1.165, 1.54) is 0 Å². The molecule has 1 atom stereocenters. The molecule has 0 saturated carbocycles. The summed E-state index contributed by atoms with van der Waals surface area (Å²) in [6.07, 6.45) is 0.0615. The maximum atomic E-state index is 10.2. The normalized spacial score (nSPS) is 12.4. The van der Waals surface area contributed by atoms with Gasteiger partial charge >= 0.3 is 0 Å². The van der Waals surface area contributed by atoms with Crippen LogP contribution in [0, 0.1) is 0 Å². The first-order valence-electron chi connectivity index (χ1n) is 5.75. The fraction of sp³-hybridized carbons (Fsp3) is 0.286. The van der Waals surface area contributed by atoms with E-state index >= 15 is 0 Å².